The highest BCUT2D eigenvalue weighted by Crippen LogP contribution is 2.34. The average Bonchev–Trinajstić information content (AvgIpc) is 2.63. The second-order valence-electron chi connectivity index (χ2n) is 5.63. The molecule has 1 atom stereocenters. The second-order valence-corrected chi connectivity index (χ2v) is 6.95. The molecule has 4 heteroatoms. The summed E-state index contributed by atoms with van der Waals surface area (Å²) in [5, 5.41) is 0.342. The van der Waals surface area contributed by atoms with Crippen molar-refractivity contribution in [1.29, 1.82) is 0 Å². The van der Waals surface area contributed by atoms with Gasteiger partial charge < -0.3 is 9.64 Å². The fraction of sp³-hybridized carbons (Fsp3) is 0.316. The zero-order valence-electron chi connectivity index (χ0n) is 13.3. The van der Waals surface area contributed by atoms with Crippen LogP contribution < -0.4 is 4.74 Å². The maximum atomic E-state index is 12.5. The lowest BCUT2D eigenvalue weighted by atomic mass is 10.1. The molecule has 1 aliphatic rings. The van der Waals surface area contributed by atoms with Crippen LogP contribution in [0.5, 0.6) is 5.75 Å². The summed E-state index contributed by atoms with van der Waals surface area (Å²) in [5.41, 5.74) is 2.34. The van der Waals surface area contributed by atoms with E-state index < -0.39 is 0 Å². The summed E-state index contributed by atoms with van der Waals surface area (Å²) in [6.07, 6.45) is 0.487. The van der Waals surface area contributed by atoms with E-state index in [0.29, 0.717) is 11.7 Å². The van der Waals surface area contributed by atoms with E-state index in [-0.39, 0.29) is 5.91 Å². The second kappa shape index (κ2) is 7.55. The van der Waals surface area contributed by atoms with E-state index in [1.54, 1.807) is 7.11 Å². The van der Waals surface area contributed by atoms with Gasteiger partial charge in [0.1, 0.15) is 5.75 Å². The zero-order chi connectivity index (χ0) is 16.1. The van der Waals surface area contributed by atoms with Crippen LogP contribution in [0.1, 0.15) is 16.4 Å². The number of rotatable bonds is 4. The standard InChI is InChI=1S/C19H21NO2S/c1-22-17-9-7-16(8-10-17)18-14-20(11-12-23-18)19(21)13-15-5-3-2-4-6-15/h2-10,18H,11-14H2,1H3. The topological polar surface area (TPSA) is 29.5 Å². The molecule has 0 spiro atoms. The smallest absolute Gasteiger partial charge is 0.227 e. The summed E-state index contributed by atoms with van der Waals surface area (Å²) < 4.78 is 5.21. The number of hydrogen-bond acceptors (Lipinski definition) is 3. The summed E-state index contributed by atoms with van der Waals surface area (Å²) in [6, 6.07) is 18.1. The third kappa shape index (κ3) is 4.08. The van der Waals surface area contributed by atoms with Gasteiger partial charge in [-0.1, -0.05) is 42.5 Å². The number of amides is 1. The summed E-state index contributed by atoms with van der Waals surface area (Å²) in [5.74, 6) is 2.07. The van der Waals surface area contributed by atoms with Crippen molar-refractivity contribution in [1.82, 2.24) is 4.90 Å². The Morgan fingerprint density at radius 1 is 1.17 bits per heavy atom. The molecule has 1 unspecified atom stereocenters. The first-order valence-corrected chi connectivity index (χ1v) is 8.88. The Morgan fingerprint density at radius 3 is 2.61 bits per heavy atom. The third-order valence-corrected chi connectivity index (χ3v) is 5.35. The molecule has 120 valence electrons. The van der Waals surface area contributed by atoms with Gasteiger partial charge in [-0.25, -0.2) is 0 Å². The zero-order valence-corrected chi connectivity index (χ0v) is 14.1. The summed E-state index contributed by atoms with van der Waals surface area (Å²) in [4.78, 5) is 14.5. The first-order valence-electron chi connectivity index (χ1n) is 7.83. The van der Waals surface area contributed by atoms with Crippen LogP contribution >= 0.6 is 11.8 Å². The van der Waals surface area contributed by atoms with Crippen LogP contribution in [0.3, 0.4) is 0 Å². The van der Waals surface area contributed by atoms with E-state index in [4.69, 9.17) is 4.74 Å². The molecule has 2 aromatic rings. The van der Waals surface area contributed by atoms with E-state index in [1.807, 2.05) is 59.1 Å². The van der Waals surface area contributed by atoms with Gasteiger partial charge in [0.25, 0.3) is 0 Å². The molecule has 1 amide bonds. The van der Waals surface area contributed by atoms with Gasteiger partial charge >= 0.3 is 0 Å². The van der Waals surface area contributed by atoms with Crippen molar-refractivity contribution in [2.24, 2.45) is 0 Å². The number of thioether (sulfide) groups is 1. The molecule has 1 heterocycles. The summed E-state index contributed by atoms with van der Waals surface area (Å²) >= 11 is 1.92. The molecule has 0 N–H and O–H groups in total. The normalized spacial score (nSPS) is 17.8. The van der Waals surface area contributed by atoms with Gasteiger partial charge in [0.2, 0.25) is 5.91 Å². The first kappa shape index (κ1) is 15.9. The molecule has 1 saturated heterocycles. The highest BCUT2D eigenvalue weighted by molar-refractivity contribution is 7.99. The number of carbonyl (C=O) groups is 1. The fourth-order valence-electron chi connectivity index (χ4n) is 2.78. The monoisotopic (exact) mass is 327 g/mol. The molecule has 0 bridgehead atoms. The molecule has 0 aromatic heterocycles. The number of methoxy groups -OCH3 is 1. The summed E-state index contributed by atoms with van der Waals surface area (Å²) in [7, 11) is 1.67. The Labute approximate surface area is 141 Å². The minimum atomic E-state index is 0.218. The van der Waals surface area contributed by atoms with Gasteiger partial charge in [-0.15, -0.1) is 0 Å². The van der Waals surface area contributed by atoms with Crippen molar-refractivity contribution in [2.75, 3.05) is 26.0 Å². The van der Waals surface area contributed by atoms with Gasteiger partial charge in [-0.3, -0.25) is 4.79 Å². The number of nitrogens with zero attached hydrogens (tertiary/aromatic N) is 1. The van der Waals surface area contributed by atoms with E-state index in [9.17, 15) is 4.79 Å². The van der Waals surface area contributed by atoms with Crippen molar-refractivity contribution >= 4 is 17.7 Å². The molecule has 1 aliphatic heterocycles. The van der Waals surface area contributed by atoms with E-state index in [1.165, 1.54) is 5.56 Å². The molecule has 0 radical (unpaired) electrons. The number of hydrogen-bond donors (Lipinski definition) is 0. The highest BCUT2D eigenvalue weighted by atomic mass is 32.2. The van der Waals surface area contributed by atoms with Crippen molar-refractivity contribution in [2.45, 2.75) is 11.7 Å². The Balaban J connectivity index is 1.64. The lowest BCUT2D eigenvalue weighted by molar-refractivity contribution is -0.130. The Morgan fingerprint density at radius 2 is 1.91 bits per heavy atom. The van der Waals surface area contributed by atoms with E-state index >= 15 is 0 Å². The van der Waals surface area contributed by atoms with Gasteiger partial charge in [0, 0.05) is 24.1 Å². The van der Waals surface area contributed by atoms with Crippen LogP contribution in [0, 0.1) is 0 Å². The number of carbonyl (C=O) groups excluding carboxylic acids is 1. The van der Waals surface area contributed by atoms with Gasteiger partial charge in [0.05, 0.1) is 13.5 Å². The Bertz CT molecular complexity index is 642. The molecule has 3 rings (SSSR count). The number of ether oxygens (including phenoxy) is 1. The van der Waals surface area contributed by atoms with Crippen LogP contribution in [0.25, 0.3) is 0 Å². The van der Waals surface area contributed by atoms with Crippen LogP contribution in [0.2, 0.25) is 0 Å². The Kier molecular flexibility index (Phi) is 5.23. The average molecular weight is 327 g/mol. The van der Waals surface area contributed by atoms with Gasteiger partial charge in [0.15, 0.2) is 0 Å². The molecule has 2 aromatic carbocycles. The molecule has 23 heavy (non-hydrogen) atoms. The predicted octanol–water partition coefficient (Wildman–Crippen LogP) is 3.55. The predicted molar refractivity (Wildman–Crippen MR) is 94.9 cm³/mol. The van der Waals surface area contributed by atoms with Crippen LogP contribution in [-0.4, -0.2) is 36.8 Å². The SMILES string of the molecule is COc1ccc(C2CN(C(=O)Cc3ccccc3)CCS2)cc1. The molecular weight excluding hydrogens is 306 g/mol. The maximum Gasteiger partial charge on any atom is 0.227 e. The Hall–Kier alpha value is -1.94. The van der Waals surface area contributed by atoms with Crippen LogP contribution in [0.4, 0.5) is 0 Å². The summed E-state index contributed by atoms with van der Waals surface area (Å²) in [6.45, 7) is 1.62. The molecule has 3 nitrogen and oxygen atoms in total. The minimum absolute atomic E-state index is 0.218. The van der Waals surface area contributed by atoms with Crippen LogP contribution in [0.15, 0.2) is 54.6 Å². The van der Waals surface area contributed by atoms with Crippen molar-refractivity contribution < 1.29 is 9.53 Å². The molecule has 0 saturated carbocycles. The van der Waals surface area contributed by atoms with Crippen molar-refractivity contribution in [3.8, 4) is 5.75 Å². The molecular formula is C19H21NO2S. The van der Waals surface area contributed by atoms with Crippen molar-refractivity contribution in [3.63, 3.8) is 0 Å². The quantitative estimate of drug-likeness (QED) is 0.860. The van der Waals surface area contributed by atoms with Crippen LogP contribution in [-0.2, 0) is 11.2 Å². The maximum absolute atomic E-state index is 12.5. The van der Waals surface area contributed by atoms with E-state index in [2.05, 4.69) is 12.1 Å². The third-order valence-electron chi connectivity index (χ3n) is 4.10. The lowest BCUT2D eigenvalue weighted by Crippen LogP contribution is -2.40. The van der Waals surface area contributed by atoms with E-state index in [0.717, 1.165) is 30.2 Å². The fourth-order valence-corrected chi connectivity index (χ4v) is 4.02. The van der Waals surface area contributed by atoms with Gasteiger partial charge in [-0.2, -0.15) is 11.8 Å². The molecule has 1 fully saturated rings. The largest absolute Gasteiger partial charge is 0.497 e. The van der Waals surface area contributed by atoms with Crippen molar-refractivity contribution in [3.05, 3.63) is 65.7 Å². The van der Waals surface area contributed by atoms with Gasteiger partial charge in [-0.05, 0) is 23.3 Å². The minimum Gasteiger partial charge on any atom is -0.497 e. The number of benzene rings is 2. The highest BCUT2D eigenvalue weighted by Gasteiger charge is 2.25. The molecule has 0 aliphatic carbocycles. The lowest BCUT2D eigenvalue weighted by Gasteiger charge is -2.33. The first-order chi connectivity index (χ1) is 11.3.